The van der Waals surface area contributed by atoms with Gasteiger partial charge < -0.3 is 14.3 Å². The molecule has 0 radical (unpaired) electrons. The number of carboxylic acids is 1. The Morgan fingerprint density at radius 2 is 2.38 bits per heavy atom. The monoisotopic (exact) mass is 224 g/mol. The highest BCUT2D eigenvalue weighted by Gasteiger charge is 2.48. The van der Waals surface area contributed by atoms with Gasteiger partial charge >= 0.3 is 5.97 Å². The first-order chi connectivity index (χ1) is 7.65. The van der Waals surface area contributed by atoms with Crippen LogP contribution < -0.4 is 0 Å². The molecule has 1 fully saturated rings. The average molecular weight is 224 g/mol. The Labute approximate surface area is 92.0 Å². The van der Waals surface area contributed by atoms with Crippen LogP contribution in [0.25, 0.3) is 0 Å². The van der Waals surface area contributed by atoms with Gasteiger partial charge in [0.25, 0.3) is 0 Å². The number of carbonyl (C=O) groups excluding carboxylic acids is 1. The van der Waals surface area contributed by atoms with Crippen molar-refractivity contribution in [2.45, 2.75) is 12.8 Å². The second-order valence-corrected chi connectivity index (χ2v) is 3.87. The molecule has 0 saturated carbocycles. The molecule has 1 aromatic rings. The normalized spacial score (nSPS) is 25.6. The Morgan fingerprint density at radius 3 is 2.94 bits per heavy atom. The van der Waals surface area contributed by atoms with Gasteiger partial charge in [0.1, 0.15) is 5.76 Å². The minimum absolute atomic E-state index is 0.0498. The maximum Gasteiger partial charge on any atom is 0.320 e. The SMILES string of the molecule is O=C(O)C1(Cc2ccco2)COCCC1=O. The van der Waals surface area contributed by atoms with Crippen LogP contribution in [0.4, 0.5) is 0 Å². The van der Waals surface area contributed by atoms with Crippen molar-refractivity contribution < 1.29 is 23.8 Å². The number of carbonyl (C=O) groups is 2. The van der Waals surface area contributed by atoms with Crippen molar-refractivity contribution >= 4 is 11.8 Å². The highest BCUT2D eigenvalue weighted by atomic mass is 16.5. The van der Waals surface area contributed by atoms with E-state index in [9.17, 15) is 14.7 Å². The quantitative estimate of drug-likeness (QED) is 0.771. The molecule has 1 atom stereocenters. The summed E-state index contributed by atoms with van der Waals surface area (Å²) in [7, 11) is 0. The Kier molecular flexibility index (Phi) is 2.78. The van der Waals surface area contributed by atoms with E-state index >= 15 is 0 Å². The number of hydrogen-bond donors (Lipinski definition) is 1. The topological polar surface area (TPSA) is 76.7 Å². The lowest BCUT2D eigenvalue weighted by atomic mass is 9.77. The van der Waals surface area contributed by atoms with Crippen molar-refractivity contribution in [2.24, 2.45) is 5.41 Å². The lowest BCUT2D eigenvalue weighted by Gasteiger charge is -2.30. The van der Waals surface area contributed by atoms with Crippen molar-refractivity contribution in [2.75, 3.05) is 13.2 Å². The van der Waals surface area contributed by atoms with Crippen LogP contribution in [0.2, 0.25) is 0 Å². The summed E-state index contributed by atoms with van der Waals surface area (Å²) in [5, 5.41) is 9.22. The molecule has 0 aromatic carbocycles. The van der Waals surface area contributed by atoms with Crippen molar-refractivity contribution in [3.05, 3.63) is 24.2 Å². The van der Waals surface area contributed by atoms with Crippen molar-refractivity contribution in [3.63, 3.8) is 0 Å². The summed E-state index contributed by atoms with van der Waals surface area (Å²) in [6.07, 6.45) is 1.65. The number of ether oxygens (including phenoxy) is 1. The zero-order valence-electron chi connectivity index (χ0n) is 8.64. The van der Waals surface area contributed by atoms with E-state index in [0.717, 1.165) is 0 Å². The van der Waals surface area contributed by atoms with E-state index in [-0.39, 0.29) is 25.2 Å². The summed E-state index contributed by atoms with van der Waals surface area (Å²) < 4.78 is 10.2. The molecule has 1 saturated heterocycles. The molecule has 0 amide bonds. The van der Waals surface area contributed by atoms with E-state index in [0.29, 0.717) is 12.4 Å². The third kappa shape index (κ3) is 1.74. The predicted octanol–water partition coefficient (Wildman–Crippen LogP) is 0.883. The molecular weight excluding hydrogens is 212 g/mol. The first-order valence-electron chi connectivity index (χ1n) is 5.02. The number of ketones is 1. The summed E-state index contributed by atoms with van der Waals surface area (Å²) in [5.41, 5.74) is -1.48. The maximum absolute atomic E-state index is 11.8. The molecular formula is C11H12O5. The van der Waals surface area contributed by atoms with Crippen LogP contribution in [0.1, 0.15) is 12.2 Å². The summed E-state index contributed by atoms with van der Waals surface area (Å²) in [6, 6.07) is 3.33. The first-order valence-corrected chi connectivity index (χ1v) is 5.02. The second-order valence-electron chi connectivity index (χ2n) is 3.87. The molecule has 5 heteroatoms. The zero-order chi connectivity index (χ0) is 11.6. The molecule has 1 aliphatic heterocycles. The minimum atomic E-state index is -1.48. The van der Waals surface area contributed by atoms with Crippen LogP contribution in [0.15, 0.2) is 22.8 Å². The molecule has 2 heterocycles. The first kappa shape index (κ1) is 10.9. The third-order valence-corrected chi connectivity index (χ3v) is 2.82. The number of aliphatic carboxylic acids is 1. The molecule has 0 spiro atoms. The summed E-state index contributed by atoms with van der Waals surface area (Å²) >= 11 is 0. The van der Waals surface area contributed by atoms with E-state index in [1.165, 1.54) is 6.26 Å². The van der Waals surface area contributed by atoms with Crippen LogP contribution in [0.5, 0.6) is 0 Å². The largest absolute Gasteiger partial charge is 0.480 e. The summed E-state index contributed by atoms with van der Waals surface area (Å²) in [4.78, 5) is 23.1. The fourth-order valence-electron chi connectivity index (χ4n) is 1.85. The highest BCUT2D eigenvalue weighted by molar-refractivity contribution is 6.04. The predicted molar refractivity (Wildman–Crippen MR) is 52.9 cm³/mol. The number of rotatable bonds is 3. The number of Topliss-reactive ketones (excluding diaryl/α,β-unsaturated/α-hetero) is 1. The molecule has 0 bridgehead atoms. The fraction of sp³-hybridized carbons (Fsp3) is 0.455. The van der Waals surface area contributed by atoms with Gasteiger partial charge in [-0.3, -0.25) is 9.59 Å². The second kappa shape index (κ2) is 4.09. The van der Waals surface area contributed by atoms with Gasteiger partial charge in [-0.25, -0.2) is 0 Å². The standard InChI is InChI=1S/C11H12O5/c12-9-3-5-15-7-11(9,10(13)14)6-8-2-1-4-16-8/h1-2,4H,3,5-7H2,(H,13,14). The molecule has 1 unspecified atom stereocenters. The van der Waals surface area contributed by atoms with Gasteiger partial charge in [-0.05, 0) is 12.1 Å². The number of furan rings is 1. The highest BCUT2D eigenvalue weighted by Crippen LogP contribution is 2.30. The molecule has 0 aliphatic carbocycles. The maximum atomic E-state index is 11.8. The van der Waals surface area contributed by atoms with Crippen LogP contribution in [-0.4, -0.2) is 30.1 Å². The van der Waals surface area contributed by atoms with Gasteiger partial charge in [0.05, 0.1) is 19.5 Å². The summed E-state index contributed by atoms with van der Waals surface area (Å²) in [5.74, 6) is -0.947. The van der Waals surface area contributed by atoms with E-state index in [2.05, 4.69) is 0 Å². The van der Waals surface area contributed by atoms with E-state index < -0.39 is 11.4 Å². The van der Waals surface area contributed by atoms with Gasteiger partial charge in [-0.1, -0.05) is 0 Å². The van der Waals surface area contributed by atoms with Crippen LogP contribution in [-0.2, 0) is 20.7 Å². The van der Waals surface area contributed by atoms with Crippen molar-refractivity contribution in [3.8, 4) is 0 Å². The van der Waals surface area contributed by atoms with Crippen LogP contribution in [0, 0.1) is 5.41 Å². The lowest BCUT2D eigenvalue weighted by Crippen LogP contribution is -2.48. The molecule has 2 rings (SSSR count). The van der Waals surface area contributed by atoms with E-state index in [1.807, 2.05) is 0 Å². The Hall–Kier alpha value is -1.62. The number of carboxylic acid groups (broad SMARTS) is 1. The van der Waals surface area contributed by atoms with Crippen LogP contribution >= 0.6 is 0 Å². The number of hydrogen-bond acceptors (Lipinski definition) is 4. The minimum Gasteiger partial charge on any atom is -0.480 e. The third-order valence-electron chi connectivity index (χ3n) is 2.82. The fourth-order valence-corrected chi connectivity index (χ4v) is 1.85. The zero-order valence-corrected chi connectivity index (χ0v) is 8.64. The Balaban J connectivity index is 2.27. The van der Waals surface area contributed by atoms with Gasteiger partial charge in [-0.15, -0.1) is 0 Å². The molecule has 16 heavy (non-hydrogen) atoms. The average Bonchev–Trinajstić information content (AvgIpc) is 2.74. The molecule has 1 aromatic heterocycles. The molecule has 86 valence electrons. The summed E-state index contributed by atoms with van der Waals surface area (Å²) in [6.45, 7) is 0.216. The van der Waals surface area contributed by atoms with Gasteiger partial charge in [-0.2, -0.15) is 0 Å². The Bertz CT molecular complexity index is 395. The lowest BCUT2D eigenvalue weighted by molar-refractivity contribution is -0.164. The smallest absolute Gasteiger partial charge is 0.320 e. The molecule has 1 N–H and O–H groups in total. The van der Waals surface area contributed by atoms with E-state index in [1.54, 1.807) is 12.1 Å². The van der Waals surface area contributed by atoms with Crippen LogP contribution in [0.3, 0.4) is 0 Å². The van der Waals surface area contributed by atoms with Gasteiger partial charge in [0, 0.05) is 12.8 Å². The van der Waals surface area contributed by atoms with Gasteiger partial charge in [0.15, 0.2) is 11.2 Å². The Morgan fingerprint density at radius 1 is 1.56 bits per heavy atom. The molecule has 1 aliphatic rings. The van der Waals surface area contributed by atoms with Crippen molar-refractivity contribution in [1.29, 1.82) is 0 Å². The molecule has 5 nitrogen and oxygen atoms in total. The van der Waals surface area contributed by atoms with Gasteiger partial charge in [0.2, 0.25) is 0 Å². The van der Waals surface area contributed by atoms with Crippen molar-refractivity contribution in [1.82, 2.24) is 0 Å². The van der Waals surface area contributed by atoms with E-state index in [4.69, 9.17) is 9.15 Å².